The maximum atomic E-state index is 12.3. The van der Waals surface area contributed by atoms with Gasteiger partial charge in [-0.05, 0) is 47.8 Å². The van der Waals surface area contributed by atoms with Gasteiger partial charge in [0, 0.05) is 10.6 Å². The fraction of sp³-hybridized carbons (Fsp3) is 0.0556. The van der Waals surface area contributed by atoms with Gasteiger partial charge in [-0.1, -0.05) is 29.4 Å². The monoisotopic (exact) mass is 370 g/mol. The SMILES string of the molecule is N#Cc1ccc(-c2cccs2)nc1SCC(=O)c1ccc(Cl)cc1. The summed E-state index contributed by atoms with van der Waals surface area (Å²) in [6, 6.07) is 16.4. The molecule has 0 saturated carbocycles. The zero-order valence-electron chi connectivity index (χ0n) is 12.4. The topological polar surface area (TPSA) is 53.8 Å². The first-order valence-corrected chi connectivity index (χ1v) is 9.28. The van der Waals surface area contributed by atoms with E-state index in [1.54, 1.807) is 41.7 Å². The molecule has 2 heterocycles. The molecular formula is C18H11ClN2OS2. The lowest BCUT2D eigenvalue weighted by atomic mass is 10.1. The van der Waals surface area contributed by atoms with Crippen LogP contribution in [0.15, 0.2) is 58.9 Å². The van der Waals surface area contributed by atoms with E-state index in [0.29, 0.717) is 21.2 Å². The van der Waals surface area contributed by atoms with Crippen LogP contribution < -0.4 is 0 Å². The number of thiophene rings is 1. The Morgan fingerprint density at radius 3 is 2.67 bits per heavy atom. The smallest absolute Gasteiger partial charge is 0.173 e. The highest BCUT2D eigenvalue weighted by atomic mass is 35.5. The Labute approximate surface area is 152 Å². The summed E-state index contributed by atoms with van der Waals surface area (Å²) in [4.78, 5) is 17.8. The highest BCUT2D eigenvalue weighted by molar-refractivity contribution is 8.00. The van der Waals surface area contributed by atoms with Crippen molar-refractivity contribution < 1.29 is 4.79 Å². The van der Waals surface area contributed by atoms with Gasteiger partial charge in [0.1, 0.15) is 11.1 Å². The number of aromatic nitrogens is 1. The van der Waals surface area contributed by atoms with Crippen molar-refractivity contribution in [2.45, 2.75) is 5.03 Å². The van der Waals surface area contributed by atoms with Gasteiger partial charge in [-0.2, -0.15) is 5.26 Å². The number of carbonyl (C=O) groups excluding carboxylic acids is 1. The summed E-state index contributed by atoms with van der Waals surface area (Å²) in [6.45, 7) is 0. The number of rotatable bonds is 5. The van der Waals surface area contributed by atoms with Gasteiger partial charge < -0.3 is 0 Å². The van der Waals surface area contributed by atoms with Gasteiger partial charge in [-0.15, -0.1) is 11.3 Å². The molecule has 0 saturated heterocycles. The Kier molecular flexibility index (Phi) is 5.31. The van der Waals surface area contributed by atoms with Crippen LogP contribution in [0.5, 0.6) is 0 Å². The van der Waals surface area contributed by atoms with E-state index >= 15 is 0 Å². The Morgan fingerprint density at radius 1 is 1.21 bits per heavy atom. The van der Waals surface area contributed by atoms with Crippen LogP contribution in [0.25, 0.3) is 10.6 Å². The maximum Gasteiger partial charge on any atom is 0.173 e. The maximum absolute atomic E-state index is 12.3. The summed E-state index contributed by atoms with van der Waals surface area (Å²) in [6.07, 6.45) is 0. The number of halogens is 1. The number of benzene rings is 1. The van der Waals surface area contributed by atoms with Crippen molar-refractivity contribution >= 4 is 40.5 Å². The minimum absolute atomic E-state index is 0.0242. The molecule has 3 rings (SSSR count). The number of carbonyl (C=O) groups is 1. The van der Waals surface area contributed by atoms with E-state index in [0.717, 1.165) is 10.6 Å². The second-order valence-corrected chi connectivity index (χ2v) is 7.21. The molecule has 0 spiro atoms. The van der Waals surface area contributed by atoms with Crippen molar-refractivity contribution in [2.75, 3.05) is 5.75 Å². The van der Waals surface area contributed by atoms with E-state index in [2.05, 4.69) is 11.1 Å². The van der Waals surface area contributed by atoms with Crippen molar-refractivity contribution in [1.82, 2.24) is 4.98 Å². The molecule has 2 aromatic heterocycles. The zero-order valence-corrected chi connectivity index (χ0v) is 14.8. The number of pyridine rings is 1. The summed E-state index contributed by atoms with van der Waals surface area (Å²) in [5.41, 5.74) is 1.88. The zero-order chi connectivity index (χ0) is 16.9. The molecule has 0 aliphatic carbocycles. The Bertz CT molecular complexity index is 900. The predicted molar refractivity (Wildman–Crippen MR) is 98.8 cm³/mol. The third-order valence-electron chi connectivity index (χ3n) is 3.26. The van der Waals surface area contributed by atoms with Crippen molar-refractivity contribution in [3.63, 3.8) is 0 Å². The largest absolute Gasteiger partial charge is 0.293 e. The van der Waals surface area contributed by atoms with E-state index in [-0.39, 0.29) is 11.5 Å². The van der Waals surface area contributed by atoms with E-state index in [1.807, 2.05) is 23.6 Å². The van der Waals surface area contributed by atoms with Gasteiger partial charge in [0.05, 0.1) is 21.9 Å². The van der Waals surface area contributed by atoms with Crippen molar-refractivity contribution in [1.29, 1.82) is 5.26 Å². The fourth-order valence-electron chi connectivity index (χ4n) is 2.05. The molecule has 0 amide bonds. The van der Waals surface area contributed by atoms with Crippen LogP contribution in [0.3, 0.4) is 0 Å². The van der Waals surface area contributed by atoms with Crippen molar-refractivity contribution in [2.24, 2.45) is 0 Å². The van der Waals surface area contributed by atoms with Crippen LogP contribution in [0.2, 0.25) is 5.02 Å². The molecule has 3 aromatic rings. The number of hydrogen-bond acceptors (Lipinski definition) is 5. The standard InChI is InChI=1S/C18H11ClN2OS2/c19-14-6-3-12(4-7-14)16(22)11-24-18-13(10-20)5-8-15(21-18)17-2-1-9-23-17/h1-9H,11H2. The third-order valence-corrected chi connectivity index (χ3v) is 5.40. The molecule has 3 nitrogen and oxygen atoms in total. The molecule has 1 aromatic carbocycles. The number of nitrogens with zero attached hydrogens (tertiary/aromatic N) is 2. The lowest BCUT2D eigenvalue weighted by Gasteiger charge is -2.05. The minimum Gasteiger partial charge on any atom is -0.293 e. The Hall–Kier alpha value is -2.13. The predicted octanol–water partition coefficient (Wildman–Crippen LogP) is 5.31. The number of nitriles is 1. The van der Waals surface area contributed by atoms with E-state index in [4.69, 9.17) is 11.6 Å². The van der Waals surface area contributed by atoms with Crippen LogP contribution in [0.1, 0.15) is 15.9 Å². The second-order valence-electron chi connectivity index (χ2n) is 4.86. The first kappa shape index (κ1) is 16.7. The van der Waals surface area contributed by atoms with Gasteiger partial charge in [0.15, 0.2) is 5.78 Å². The summed E-state index contributed by atoms with van der Waals surface area (Å²) in [7, 11) is 0. The van der Waals surface area contributed by atoms with E-state index in [1.165, 1.54) is 11.8 Å². The second kappa shape index (κ2) is 7.63. The summed E-state index contributed by atoms with van der Waals surface area (Å²) in [5.74, 6) is 0.195. The van der Waals surface area contributed by atoms with Gasteiger partial charge in [-0.3, -0.25) is 4.79 Å². The average Bonchev–Trinajstić information content (AvgIpc) is 3.14. The summed E-state index contributed by atoms with van der Waals surface area (Å²) in [5, 5.41) is 12.4. The van der Waals surface area contributed by atoms with Gasteiger partial charge in [0.25, 0.3) is 0 Å². The van der Waals surface area contributed by atoms with Crippen LogP contribution in [-0.4, -0.2) is 16.5 Å². The molecule has 0 bridgehead atoms. The fourth-order valence-corrected chi connectivity index (χ4v) is 3.74. The van der Waals surface area contributed by atoms with E-state index < -0.39 is 0 Å². The third kappa shape index (κ3) is 3.85. The van der Waals surface area contributed by atoms with Gasteiger partial charge in [-0.25, -0.2) is 4.98 Å². The highest BCUT2D eigenvalue weighted by Gasteiger charge is 2.12. The van der Waals surface area contributed by atoms with Gasteiger partial charge >= 0.3 is 0 Å². The highest BCUT2D eigenvalue weighted by Crippen LogP contribution is 2.28. The molecule has 0 fully saturated rings. The molecule has 6 heteroatoms. The molecule has 24 heavy (non-hydrogen) atoms. The van der Waals surface area contributed by atoms with Crippen molar-refractivity contribution in [3.8, 4) is 16.6 Å². The lowest BCUT2D eigenvalue weighted by molar-refractivity contribution is 0.102. The molecule has 0 radical (unpaired) electrons. The average molecular weight is 371 g/mol. The molecule has 0 aliphatic rings. The molecule has 0 unspecified atom stereocenters. The van der Waals surface area contributed by atoms with Crippen LogP contribution >= 0.6 is 34.7 Å². The lowest BCUT2D eigenvalue weighted by Crippen LogP contribution is -2.03. The number of ketones is 1. The molecule has 0 aliphatic heterocycles. The summed E-state index contributed by atoms with van der Waals surface area (Å²) >= 11 is 8.70. The van der Waals surface area contributed by atoms with E-state index in [9.17, 15) is 10.1 Å². The van der Waals surface area contributed by atoms with Crippen LogP contribution in [0.4, 0.5) is 0 Å². The molecule has 0 N–H and O–H groups in total. The van der Waals surface area contributed by atoms with Crippen molar-refractivity contribution in [3.05, 3.63) is 70.1 Å². The molecular weight excluding hydrogens is 360 g/mol. The molecule has 118 valence electrons. The Balaban J connectivity index is 1.79. The number of thioether (sulfide) groups is 1. The first-order valence-electron chi connectivity index (χ1n) is 7.04. The quantitative estimate of drug-likeness (QED) is 0.451. The normalized spacial score (nSPS) is 10.3. The first-order chi connectivity index (χ1) is 11.7. The minimum atomic E-state index is -0.0242. The van der Waals surface area contributed by atoms with Gasteiger partial charge in [0.2, 0.25) is 0 Å². The molecule has 0 atom stereocenters. The number of hydrogen-bond donors (Lipinski definition) is 0. The Morgan fingerprint density at radius 2 is 2.00 bits per heavy atom. The summed E-state index contributed by atoms with van der Waals surface area (Å²) < 4.78 is 0. The van der Waals surface area contributed by atoms with Crippen LogP contribution in [0, 0.1) is 11.3 Å². The van der Waals surface area contributed by atoms with Crippen LogP contribution in [-0.2, 0) is 0 Å². The number of Topliss-reactive ketones (excluding diaryl/α,β-unsaturated/α-hetero) is 1.